The number of hydrogen-bond donors (Lipinski definition) is 0. The van der Waals surface area contributed by atoms with Crippen LogP contribution in [0, 0.1) is 5.92 Å². The van der Waals surface area contributed by atoms with Crippen molar-refractivity contribution in [2.45, 2.75) is 19.4 Å². The summed E-state index contributed by atoms with van der Waals surface area (Å²) < 4.78 is 2.40. The smallest absolute Gasteiger partial charge is 0.0723 e. The number of aromatic nitrogens is 2. The number of benzene rings is 1. The van der Waals surface area contributed by atoms with Crippen LogP contribution >= 0.6 is 22.9 Å². The van der Waals surface area contributed by atoms with Gasteiger partial charge in [-0.3, -0.25) is 4.98 Å². The number of nitrogens with zero attached hydrogens (tertiary/aromatic N) is 3. The maximum atomic E-state index is 6.36. The van der Waals surface area contributed by atoms with E-state index in [4.69, 9.17) is 16.6 Å². The van der Waals surface area contributed by atoms with Crippen LogP contribution in [0.3, 0.4) is 0 Å². The van der Waals surface area contributed by atoms with Gasteiger partial charge in [-0.15, -0.1) is 0 Å². The van der Waals surface area contributed by atoms with Gasteiger partial charge < -0.3 is 9.47 Å². The molecule has 3 aromatic heterocycles. The quantitative estimate of drug-likeness (QED) is 0.378. The maximum absolute atomic E-state index is 6.36. The zero-order chi connectivity index (χ0) is 19.8. The number of fused-ring (bicyclic) bond motifs is 1. The first-order chi connectivity index (χ1) is 14.2. The molecule has 1 fully saturated rings. The van der Waals surface area contributed by atoms with Crippen LogP contribution in [0.5, 0.6) is 0 Å². The molecule has 1 atom stereocenters. The van der Waals surface area contributed by atoms with Gasteiger partial charge in [0.15, 0.2) is 0 Å². The molecule has 0 N–H and O–H groups in total. The molecule has 0 saturated carbocycles. The van der Waals surface area contributed by atoms with E-state index in [9.17, 15) is 0 Å². The lowest BCUT2D eigenvalue weighted by molar-refractivity contribution is 0.196. The van der Waals surface area contributed by atoms with Crippen molar-refractivity contribution in [3.8, 4) is 22.4 Å². The Kier molecular flexibility index (Phi) is 5.17. The SMILES string of the molecule is CN1CCCC(Cn2cc(-c3ccc(-c4ccsc4)cn3)c3cc(Cl)ccc32)C1. The molecule has 5 rings (SSSR count). The number of likely N-dealkylation sites (tertiary alicyclic amines) is 1. The van der Waals surface area contributed by atoms with E-state index in [2.05, 4.69) is 63.8 Å². The average molecular weight is 422 g/mol. The molecule has 5 heteroatoms. The highest BCUT2D eigenvalue weighted by atomic mass is 35.5. The van der Waals surface area contributed by atoms with Crippen molar-refractivity contribution in [3.05, 3.63) is 64.6 Å². The lowest BCUT2D eigenvalue weighted by atomic mass is 9.98. The number of thiophene rings is 1. The Hall–Kier alpha value is -2.14. The lowest BCUT2D eigenvalue weighted by Crippen LogP contribution is -2.33. The Morgan fingerprint density at radius 1 is 1.17 bits per heavy atom. The molecule has 1 aromatic carbocycles. The molecule has 29 heavy (non-hydrogen) atoms. The zero-order valence-electron chi connectivity index (χ0n) is 16.5. The topological polar surface area (TPSA) is 21.1 Å². The Labute approximate surface area is 180 Å². The molecule has 1 unspecified atom stereocenters. The standard InChI is InChI=1S/C24H24ClN3S/c1-27-9-2-3-17(13-27)14-28-15-22(21-11-20(25)5-7-24(21)28)23-6-4-18(12-26-23)19-8-10-29-16-19/h4-8,10-12,15-17H,2-3,9,13-14H2,1H3. The van der Waals surface area contributed by atoms with E-state index in [1.165, 1.54) is 35.9 Å². The Bertz CT molecular complexity index is 1120. The van der Waals surface area contributed by atoms with Crippen LogP contribution in [-0.2, 0) is 6.54 Å². The van der Waals surface area contributed by atoms with Gasteiger partial charge in [-0.2, -0.15) is 11.3 Å². The predicted octanol–water partition coefficient (Wildman–Crippen LogP) is 6.43. The molecule has 0 aliphatic carbocycles. The molecule has 148 valence electrons. The van der Waals surface area contributed by atoms with Gasteiger partial charge >= 0.3 is 0 Å². The van der Waals surface area contributed by atoms with Crippen molar-refractivity contribution in [1.82, 2.24) is 14.5 Å². The monoisotopic (exact) mass is 421 g/mol. The number of halogens is 1. The highest BCUT2D eigenvalue weighted by molar-refractivity contribution is 7.08. The van der Waals surface area contributed by atoms with Gasteiger partial charge in [0.1, 0.15) is 0 Å². The van der Waals surface area contributed by atoms with E-state index in [1.54, 1.807) is 11.3 Å². The molecule has 1 saturated heterocycles. The van der Waals surface area contributed by atoms with E-state index >= 15 is 0 Å². The zero-order valence-corrected chi connectivity index (χ0v) is 18.1. The minimum atomic E-state index is 0.682. The normalized spacial score (nSPS) is 17.8. The summed E-state index contributed by atoms with van der Waals surface area (Å²) in [4.78, 5) is 7.24. The molecule has 0 radical (unpaired) electrons. The summed E-state index contributed by atoms with van der Waals surface area (Å²) in [7, 11) is 2.23. The summed E-state index contributed by atoms with van der Waals surface area (Å²) >= 11 is 8.07. The second-order valence-electron chi connectivity index (χ2n) is 8.07. The Balaban J connectivity index is 1.52. The summed E-state index contributed by atoms with van der Waals surface area (Å²) in [6.07, 6.45) is 6.81. The third-order valence-corrected chi connectivity index (χ3v) is 6.83. The Morgan fingerprint density at radius 3 is 2.86 bits per heavy atom. The molecular formula is C24H24ClN3S. The molecule has 0 amide bonds. The molecule has 4 heterocycles. The van der Waals surface area contributed by atoms with E-state index < -0.39 is 0 Å². The fourth-order valence-corrected chi connectivity index (χ4v) is 5.31. The number of hydrogen-bond acceptors (Lipinski definition) is 3. The molecule has 4 aromatic rings. The van der Waals surface area contributed by atoms with Crippen molar-refractivity contribution in [2.75, 3.05) is 20.1 Å². The summed E-state index contributed by atoms with van der Waals surface area (Å²) in [6.45, 7) is 3.41. The third kappa shape index (κ3) is 3.85. The van der Waals surface area contributed by atoms with Crippen LogP contribution in [0.25, 0.3) is 33.3 Å². The first-order valence-corrected chi connectivity index (χ1v) is 11.5. The molecule has 1 aliphatic rings. The van der Waals surface area contributed by atoms with Crippen LogP contribution in [0.1, 0.15) is 12.8 Å². The van der Waals surface area contributed by atoms with Crippen LogP contribution in [0.4, 0.5) is 0 Å². The van der Waals surface area contributed by atoms with Crippen LogP contribution in [-0.4, -0.2) is 34.6 Å². The lowest BCUT2D eigenvalue weighted by Gasteiger charge is -2.30. The fourth-order valence-electron chi connectivity index (χ4n) is 4.48. The highest BCUT2D eigenvalue weighted by Crippen LogP contribution is 2.33. The molecule has 1 aliphatic heterocycles. The first kappa shape index (κ1) is 18.9. The summed E-state index contributed by atoms with van der Waals surface area (Å²) in [5.41, 5.74) is 5.77. The van der Waals surface area contributed by atoms with Gasteiger partial charge in [0.05, 0.1) is 5.69 Å². The summed E-state index contributed by atoms with van der Waals surface area (Å²) in [5, 5.41) is 6.20. The fraction of sp³-hybridized carbons (Fsp3) is 0.292. The van der Waals surface area contributed by atoms with Crippen LogP contribution in [0.15, 0.2) is 59.6 Å². The van der Waals surface area contributed by atoms with Crippen molar-refractivity contribution in [1.29, 1.82) is 0 Å². The van der Waals surface area contributed by atoms with Gasteiger partial charge in [0.2, 0.25) is 0 Å². The summed E-state index contributed by atoms with van der Waals surface area (Å²) in [6, 6.07) is 12.6. The van der Waals surface area contributed by atoms with Gasteiger partial charge in [-0.05, 0) is 79.0 Å². The van der Waals surface area contributed by atoms with E-state index in [1.807, 2.05) is 12.3 Å². The highest BCUT2D eigenvalue weighted by Gasteiger charge is 2.20. The van der Waals surface area contributed by atoms with Crippen LogP contribution in [0.2, 0.25) is 5.02 Å². The number of rotatable bonds is 4. The Morgan fingerprint density at radius 2 is 2.10 bits per heavy atom. The summed E-state index contributed by atoms with van der Waals surface area (Å²) in [5.74, 6) is 0.682. The molecule has 0 bridgehead atoms. The largest absolute Gasteiger partial charge is 0.346 e. The van der Waals surface area contributed by atoms with E-state index in [-0.39, 0.29) is 0 Å². The van der Waals surface area contributed by atoms with Gasteiger partial charge in [0.25, 0.3) is 0 Å². The van der Waals surface area contributed by atoms with Crippen molar-refractivity contribution < 1.29 is 0 Å². The van der Waals surface area contributed by atoms with E-state index in [0.717, 1.165) is 34.9 Å². The predicted molar refractivity (Wildman–Crippen MR) is 124 cm³/mol. The van der Waals surface area contributed by atoms with Crippen molar-refractivity contribution >= 4 is 33.8 Å². The van der Waals surface area contributed by atoms with Crippen molar-refractivity contribution in [3.63, 3.8) is 0 Å². The second kappa shape index (κ2) is 7.94. The van der Waals surface area contributed by atoms with Gasteiger partial charge in [0, 0.05) is 52.5 Å². The minimum absolute atomic E-state index is 0.682. The molecular weight excluding hydrogens is 398 g/mol. The van der Waals surface area contributed by atoms with Crippen molar-refractivity contribution in [2.24, 2.45) is 5.92 Å². The first-order valence-electron chi connectivity index (χ1n) is 10.1. The van der Waals surface area contributed by atoms with Crippen LogP contribution < -0.4 is 0 Å². The maximum Gasteiger partial charge on any atom is 0.0723 e. The average Bonchev–Trinajstić information content (AvgIpc) is 3.37. The van der Waals surface area contributed by atoms with E-state index in [0.29, 0.717) is 5.92 Å². The number of piperidine rings is 1. The van der Waals surface area contributed by atoms with Gasteiger partial charge in [-0.1, -0.05) is 17.7 Å². The molecule has 0 spiro atoms. The minimum Gasteiger partial charge on any atom is -0.346 e. The second-order valence-corrected chi connectivity index (χ2v) is 9.29. The number of pyridine rings is 1. The molecule has 3 nitrogen and oxygen atoms in total. The third-order valence-electron chi connectivity index (χ3n) is 5.91. The van der Waals surface area contributed by atoms with Gasteiger partial charge in [-0.25, -0.2) is 0 Å².